The lowest BCUT2D eigenvalue weighted by Crippen LogP contribution is -2.32. The monoisotopic (exact) mass is 157 g/mol. The van der Waals surface area contributed by atoms with E-state index in [4.69, 9.17) is 10.8 Å². The molecule has 0 aliphatic heterocycles. The van der Waals surface area contributed by atoms with Gasteiger partial charge in [-0.2, -0.15) is 0 Å². The Kier molecular flexibility index (Phi) is 3.47. The van der Waals surface area contributed by atoms with Crippen LogP contribution < -0.4 is 5.73 Å². The number of hydrogen-bond donors (Lipinski definition) is 2. The van der Waals surface area contributed by atoms with Crippen LogP contribution in [-0.2, 0) is 9.59 Å². The zero-order chi connectivity index (χ0) is 9.02. The summed E-state index contributed by atoms with van der Waals surface area (Å²) in [6, 6.07) is -1.11. The number of nitrogens with two attached hydrogens (primary N) is 1. The van der Waals surface area contributed by atoms with Gasteiger partial charge in [-0.25, -0.2) is 0 Å². The fraction of sp³-hybridized carbons (Fsp3) is 0.429. The van der Waals surface area contributed by atoms with Crippen LogP contribution in [0.2, 0.25) is 0 Å². The van der Waals surface area contributed by atoms with E-state index >= 15 is 0 Å². The minimum atomic E-state index is -1.17. The van der Waals surface area contributed by atoms with Crippen LogP contribution in [0.4, 0.5) is 0 Å². The fourth-order valence-corrected chi connectivity index (χ4v) is 0.461. The molecular weight excluding hydrogens is 146 g/mol. The summed E-state index contributed by atoms with van der Waals surface area (Å²) in [7, 11) is 0. The molecule has 0 bridgehead atoms. The number of allylic oxidation sites excluding steroid dienone is 1. The van der Waals surface area contributed by atoms with E-state index in [0.29, 0.717) is 5.57 Å². The van der Waals surface area contributed by atoms with Gasteiger partial charge in [0.1, 0.15) is 6.04 Å². The summed E-state index contributed by atoms with van der Waals surface area (Å²) in [4.78, 5) is 21.0. The molecule has 0 aromatic heterocycles. The number of carbonyl (C=O) groups excluding carboxylic acids is 1. The van der Waals surface area contributed by atoms with Crippen LogP contribution in [0.5, 0.6) is 0 Å². The number of aliphatic carboxylic acids is 1. The van der Waals surface area contributed by atoms with Crippen LogP contribution >= 0.6 is 0 Å². The summed E-state index contributed by atoms with van der Waals surface area (Å²) in [5, 5.41) is 8.31. The van der Waals surface area contributed by atoms with Crippen LogP contribution in [0.3, 0.4) is 0 Å². The summed E-state index contributed by atoms with van der Waals surface area (Å²) in [6.45, 7) is 4.89. The van der Waals surface area contributed by atoms with Gasteiger partial charge in [-0.15, -0.1) is 0 Å². The average molecular weight is 157 g/mol. The third-order valence-corrected chi connectivity index (χ3v) is 1.20. The highest BCUT2D eigenvalue weighted by Gasteiger charge is 2.15. The normalized spacial score (nSPS) is 12.2. The molecule has 0 aliphatic rings. The molecule has 0 saturated heterocycles. The van der Waals surface area contributed by atoms with Gasteiger partial charge in [0.15, 0.2) is 5.78 Å². The van der Waals surface area contributed by atoms with Crippen molar-refractivity contribution >= 4 is 11.8 Å². The van der Waals surface area contributed by atoms with Gasteiger partial charge in [0, 0.05) is 6.42 Å². The van der Waals surface area contributed by atoms with E-state index in [-0.39, 0.29) is 12.2 Å². The van der Waals surface area contributed by atoms with Crippen molar-refractivity contribution in [2.75, 3.05) is 0 Å². The highest BCUT2D eigenvalue weighted by molar-refractivity contribution is 5.96. The Balaban J connectivity index is 3.95. The molecule has 0 saturated carbocycles. The average Bonchev–Trinajstić information content (AvgIpc) is 1.87. The van der Waals surface area contributed by atoms with Gasteiger partial charge >= 0.3 is 5.97 Å². The minimum Gasteiger partial charge on any atom is -0.480 e. The fourth-order valence-electron chi connectivity index (χ4n) is 0.461. The Hall–Kier alpha value is -1.16. The van der Waals surface area contributed by atoms with Crippen molar-refractivity contribution < 1.29 is 14.7 Å². The molecule has 3 N–H and O–H groups in total. The van der Waals surface area contributed by atoms with Gasteiger partial charge in [0.05, 0.1) is 0 Å². The molecule has 4 heteroatoms. The number of rotatable bonds is 4. The SMILES string of the molecule is C=C(C)C(=O)C[C@@H](N)C(=O)O. The van der Waals surface area contributed by atoms with E-state index in [0.717, 1.165) is 0 Å². The quantitative estimate of drug-likeness (QED) is 0.560. The van der Waals surface area contributed by atoms with Gasteiger partial charge in [-0.3, -0.25) is 9.59 Å². The van der Waals surface area contributed by atoms with Crippen molar-refractivity contribution in [2.24, 2.45) is 5.73 Å². The molecule has 0 aromatic rings. The van der Waals surface area contributed by atoms with Crippen molar-refractivity contribution in [1.82, 2.24) is 0 Å². The van der Waals surface area contributed by atoms with Gasteiger partial charge in [-0.1, -0.05) is 6.58 Å². The molecule has 0 aliphatic carbocycles. The molecule has 0 radical (unpaired) electrons. The first-order chi connectivity index (χ1) is 4.95. The van der Waals surface area contributed by atoms with Crippen LogP contribution in [-0.4, -0.2) is 22.9 Å². The van der Waals surface area contributed by atoms with Gasteiger partial charge in [-0.05, 0) is 12.5 Å². The van der Waals surface area contributed by atoms with E-state index < -0.39 is 12.0 Å². The Morgan fingerprint density at radius 2 is 2.09 bits per heavy atom. The number of Topliss-reactive ketones (excluding diaryl/α,β-unsaturated/α-hetero) is 1. The van der Waals surface area contributed by atoms with Crippen molar-refractivity contribution in [3.05, 3.63) is 12.2 Å². The molecule has 0 aromatic carbocycles. The number of carbonyl (C=O) groups is 2. The van der Waals surface area contributed by atoms with Gasteiger partial charge in [0.2, 0.25) is 0 Å². The molecule has 0 fully saturated rings. The largest absolute Gasteiger partial charge is 0.480 e. The van der Waals surface area contributed by atoms with Gasteiger partial charge in [0.25, 0.3) is 0 Å². The third-order valence-electron chi connectivity index (χ3n) is 1.20. The highest BCUT2D eigenvalue weighted by atomic mass is 16.4. The van der Waals surface area contributed by atoms with E-state index in [1.165, 1.54) is 6.92 Å². The number of carboxylic acid groups (broad SMARTS) is 1. The Morgan fingerprint density at radius 1 is 1.64 bits per heavy atom. The van der Waals surface area contributed by atoms with E-state index in [2.05, 4.69) is 6.58 Å². The maximum atomic E-state index is 10.8. The van der Waals surface area contributed by atoms with Crippen molar-refractivity contribution in [1.29, 1.82) is 0 Å². The van der Waals surface area contributed by atoms with E-state index in [1.807, 2.05) is 0 Å². The summed E-state index contributed by atoms with van der Waals surface area (Å²) in [5.74, 6) is -1.47. The Morgan fingerprint density at radius 3 is 2.36 bits per heavy atom. The van der Waals surface area contributed by atoms with Crippen LogP contribution in [0.15, 0.2) is 12.2 Å². The molecule has 0 unspecified atom stereocenters. The molecule has 0 rings (SSSR count). The summed E-state index contributed by atoms with van der Waals surface area (Å²) in [5.41, 5.74) is 5.43. The molecule has 0 amide bonds. The smallest absolute Gasteiger partial charge is 0.320 e. The van der Waals surface area contributed by atoms with Crippen LogP contribution in [0.1, 0.15) is 13.3 Å². The third kappa shape index (κ3) is 3.52. The molecule has 4 nitrogen and oxygen atoms in total. The first kappa shape index (κ1) is 9.84. The molecule has 0 heterocycles. The summed E-state index contributed by atoms with van der Waals surface area (Å²) < 4.78 is 0. The highest BCUT2D eigenvalue weighted by Crippen LogP contribution is 1.98. The van der Waals surface area contributed by atoms with Crippen LogP contribution in [0, 0.1) is 0 Å². The maximum Gasteiger partial charge on any atom is 0.320 e. The number of ketones is 1. The van der Waals surface area contributed by atoms with Gasteiger partial charge < -0.3 is 10.8 Å². The topological polar surface area (TPSA) is 80.4 Å². The second-order valence-corrected chi connectivity index (χ2v) is 2.35. The standard InChI is InChI=1S/C7H11NO3/c1-4(2)6(9)3-5(8)7(10)11/h5H,1,3,8H2,2H3,(H,10,11)/t5-/m1/s1. The second kappa shape index (κ2) is 3.88. The number of carboxylic acids is 1. The molecule has 0 spiro atoms. The van der Waals surface area contributed by atoms with E-state index in [9.17, 15) is 9.59 Å². The second-order valence-electron chi connectivity index (χ2n) is 2.35. The minimum absolute atomic E-state index is 0.176. The number of hydrogen-bond acceptors (Lipinski definition) is 3. The zero-order valence-corrected chi connectivity index (χ0v) is 6.33. The van der Waals surface area contributed by atoms with Crippen molar-refractivity contribution in [3.8, 4) is 0 Å². The summed E-state index contributed by atoms with van der Waals surface area (Å²) in [6.07, 6.45) is -0.176. The predicted octanol–water partition coefficient (Wildman–Crippen LogP) is -0.0664. The zero-order valence-electron chi connectivity index (χ0n) is 6.33. The van der Waals surface area contributed by atoms with Crippen LogP contribution in [0.25, 0.3) is 0 Å². The van der Waals surface area contributed by atoms with Crippen molar-refractivity contribution in [3.63, 3.8) is 0 Å². The molecule has 1 atom stereocenters. The lowest BCUT2D eigenvalue weighted by molar-refractivity contribution is -0.139. The van der Waals surface area contributed by atoms with E-state index in [1.54, 1.807) is 0 Å². The molecule has 62 valence electrons. The lowest BCUT2D eigenvalue weighted by atomic mass is 10.1. The molecule has 11 heavy (non-hydrogen) atoms. The first-order valence-electron chi connectivity index (χ1n) is 3.12. The lowest BCUT2D eigenvalue weighted by Gasteiger charge is -2.03. The predicted molar refractivity (Wildman–Crippen MR) is 40.0 cm³/mol. The summed E-state index contributed by atoms with van der Waals surface area (Å²) >= 11 is 0. The van der Waals surface area contributed by atoms with Crippen molar-refractivity contribution in [2.45, 2.75) is 19.4 Å². The Labute approximate surface area is 64.7 Å². The first-order valence-corrected chi connectivity index (χ1v) is 3.12. The maximum absolute atomic E-state index is 10.8. The Bertz CT molecular complexity index is 198. The molecular formula is C7H11NO3.